The zero-order valence-electron chi connectivity index (χ0n) is 20.2. The highest BCUT2D eigenvalue weighted by molar-refractivity contribution is 5.86. The quantitative estimate of drug-likeness (QED) is 0.314. The first kappa shape index (κ1) is 22.4. The van der Waals surface area contributed by atoms with E-state index in [-0.39, 0.29) is 0 Å². The van der Waals surface area contributed by atoms with Crippen LogP contribution in [0.15, 0.2) is 78.9 Å². The van der Waals surface area contributed by atoms with Crippen LogP contribution in [0.25, 0.3) is 11.1 Å². The molecule has 0 fully saturated rings. The molecule has 1 aliphatic rings. The predicted octanol–water partition coefficient (Wildman–Crippen LogP) is 6.66. The van der Waals surface area contributed by atoms with E-state index in [1.54, 1.807) is 14.2 Å². The maximum absolute atomic E-state index is 10.8. The Hall–Kier alpha value is -3.40. The van der Waals surface area contributed by atoms with Crippen LogP contribution < -0.4 is 0 Å². The Kier molecular flexibility index (Phi) is 5.76. The van der Waals surface area contributed by atoms with Crippen LogP contribution in [0, 0.1) is 13.8 Å². The number of aromatic hydroxyl groups is 1. The van der Waals surface area contributed by atoms with Gasteiger partial charge in [0.1, 0.15) is 5.75 Å². The van der Waals surface area contributed by atoms with Crippen LogP contribution in [0.1, 0.15) is 44.5 Å². The van der Waals surface area contributed by atoms with Crippen molar-refractivity contribution in [1.82, 2.24) is 0 Å². The van der Waals surface area contributed by atoms with Crippen molar-refractivity contribution in [2.45, 2.75) is 32.5 Å². The summed E-state index contributed by atoms with van der Waals surface area (Å²) in [6.07, 6.45) is 0. The van der Waals surface area contributed by atoms with Crippen LogP contribution >= 0.6 is 0 Å². The second kappa shape index (κ2) is 8.75. The fraction of sp³-hybridized carbons (Fsp3) is 0.226. The van der Waals surface area contributed by atoms with Gasteiger partial charge in [-0.25, -0.2) is 0 Å². The van der Waals surface area contributed by atoms with Gasteiger partial charge in [-0.15, -0.1) is 0 Å². The Morgan fingerprint density at radius 2 is 1.29 bits per heavy atom. The zero-order chi connectivity index (χ0) is 23.9. The average molecular weight is 451 g/mol. The molecule has 0 spiro atoms. The summed E-state index contributed by atoms with van der Waals surface area (Å²) in [5.74, 6) is 0.296. The zero-order valence-corrected chi connectivity index (χ0v) is 20.2. The molecule has 0 bridgehead atoms. The Morgan fingerprint density at radius 1 is 0.706 bits per heavy atom. The van der Waals surface area contributed by atoms with Crippen LogP contribution in [0.4, 0.5) is 0 Å². The number of methoxy groups -OCH3 is 2. The summed E-state index contributed by atoms with van der Waals surface area (Å²) < 4.78 is 11.0. The van der Waals surface area contributed by atoms with Gasteiger partial charge in [0, 0.05) is 19.8 Å². The molecule has 0 radical (unpaired) electrons. The highest BCUT2D eigenvalue weighted by Gasteiger charge is 2.46. The highest BCUT2D eigenvalue weighted by atomic mass is 16.5. The summed E-state index contributed by atoms with van der Waals surface area (Å²) in [6.45, 7) is 5.01. The molecular weight excluding hydrogens is 420 g/mol. The average Bonchev–Trinajstić information content (AvgIpc) is 3.13. The van der Waals surface area contributed by atoms with Crippen LogP contribution in [0.5, 0.6) is 5.75 Å². The van der Waals surface area contributed by atoms with E-state index in [4.69, 9.17) is 9.47 Å². The molecular formula is C31H30O3. The second-order valence-corrected chi connectivity index (χ2v) is 9.22. The number of benzene rings is 4. The van der Waals surface area contributed by atoms with Gasteiger partial charge in [-0.3, -0.25) is 0 Å². The number of aryl methyl sites for hydroxylation is 2. The highest BCUT2D eigenvalue weighted by Crippen LogP contribution is 2.56. The second-order valence-electron chi connectivity index (χ2n) is 9.22. The minimum absolute atomic E-state index is 0.296. The summed E-state index contributed by atoms with van der Waals surface area (Å²) in [7, 11) is 3.40. The summed E-state index contributed by atoms with van der Waals surface area (Å²) in [5, 5.41) is 10.8. The van der Waals surface area contributed by atoms with Crippen molar-refractivity contribution in [1.29, 1.82) is 0 Å². The van der Waals surface area contributed by atoms with Crippen LogP contribution in [-0.2, 0) is 28.1 Å². The summed E-state index contributed by atoms with van der Waals surface area (Å²) >= 11 is 0. The lowest BCUT2D eigenvalue weighted by Crippen LogP contribution is -2.29. The molecule has 0 aromatic heterocycles. The van der Waals surface area contributed by atoms with Crippen molar-refractivity contribution in [3.8, 4) is 16.9 Å². The molecule has 34 heavy (non-hydrogen) atoms. The predicted molar refractivity (Wildman–Crippen MR) is 136 cm³/mol. The van der Waals surface area contributed by atoms with E-state index < -0.39 is 5.41 Å². The number of phenolic OH excluding ortho intramolecular Hbond substituents is 1. The van der Waals surface area contributed by atoms with Gasteiger partial charge in [0.2, 0.25) is 0 Å². The third kappa shape index (κ3) is 3.35. The summed E-state index contributed by atoms with van der Waals surface area (Å²) in [6, 6.07) is 28.4. The first-order chi connectivity index (χ1) is 16.5. The van der Waals surface area contributed by atoms with Gasteiger partial charge in [-0.1, -0.05) is 78.4 Å². The van der Waals surface area contributed by atoms with E-state index in [9.17, 15) is 5.11 Å². The van der Waals surface area contributed by atoms with Gasteiger partial charge in [0.15, 0.2) is 0 Å². The molecule has 0 unspecified atom stereocenters. The lowest BCUT2D eigenvalue weighted by atomic mass is 9.66. The van der Waals surface area contributed by atoms with E-state index in [2.05, 4.69) is 85.8 Å². The van der Waals surface area contributed by atoms with Gasteiger partial charge in [-0.05, 0) is 64.4 Å². The molecule has 0 saturated carbocycles. The number of ether oxygens (including phenoxy) is 2. The Balaban J connectivity index is 1.94. The van der Waals surface area contributed by atoms with Crippen molar-refractivity contribution in [2.24, 2.45) is 0 Å². The van der Waals surface area contributed by atoms with Crippen LogP contribution in [0.3, 0.4) is 0 Å². The third-order valence-electron chi connectivity index (χ3n) is 6.95. The number of hydrogen-bond donors (Lipinski definition) is 1. The third-order valence-corrected chi connectivity index (χ3v) is 6.95. The van der Waals surface area contributed by atoms with Crippen LogP contribution in [-0.4, -0.2) is 19.3 Å². The Bertz CT molecular complexity index is 1320. The van der Waals surface area contributed by atoms with Gasteiger partial charge < -0.3 is 14.6 Å². The maximum Gasteiger partial charge on any atom is 0.124 e. The van der Waals surface area contributed by atoms with Gasteiger partial charge in [0.25, 0.3) is 0 Å². The molecule has 4 aromatic carbocycles. The van der Waals surface area contributed by atoms with Crippen molar-refractivity contribution >= 4 is 0 Å². The molecule has 0 atom stereocenters. The molecule has 0 heterocycles. The van der Waals surface area contributed by atoms with E-state index in [1.165, 1.54) is 33.4 Å². The fourth-order valence-electron chi connectivity index (χ4n) is 5.69. The largest absolute Gasteiger partial charge is 0.507 e. The summed E-state index contributed by atoms with van der Waals surface area (Å²) in [4.78, 5) is 0. The van der Waals surface area contributed by atoms with Gasteiger partial charge >= 0.3 is 0 Å². The molecule has 3 heteroatoms. The molecule has 172 valence electrons. The molecule has 5 rings (SSSR count). The van der Waals surface area contributed by atoms with Crippen molar-refractivity contribution < 1.29 is 14.6 Å². The Labute approximate surface area is 201 Å². The van der Waals surface area contributed by atoms with E-state index in [1.807, 2.05) is 6.92 Å². The fourth-order valence-corrected chi connectivity index (χ4v) is 5.69. The number of phenols is 1. The monoisotopic (exact) mass is 450 g/mol. The van der Waals surface area contributed by atoms with Crippen molar-refractivity contribution in [3.05, 3.63) is 123 Å². The standard InChI is InChI=1S/C31H30O3/c1-20-13-22(18-33-3)16-24(14-20)31(25-15-21(2)30(32)23(17-25)19-34-4)28-11-7-5-9-26(28)27-10-6-8-12-29(27)31/h5-17,32H,18-19H2,1-4H3. The van der Waals surface area contributed by atoms with E-state index in [0.29, 0.717) is 19.0 Å². The smallest absolute Gasteiger partial charge is 0.124 e. The van der Waals surface area contributed by atoms with Gasteiger partial charge in [-0.2, -0.15) is 0 Å². The van der Waals surface area contributed by atoms with Crippen molar-refractivity contribution in [3.63, 3.8) is 0 Å². The first-order valence-electron chi connectivity index (χ1n) is 11.6. The van der Waals surface area contributed by atoms with Crippen molar-refractivity contribution in [2.75, 3.05) is 14.2 Å². The minimum atomic E-state index is -0.525. The maximum atomic E-state index is 10.8. The van der Waals surface area contributed by atoms with Gasteiger partial charge in [0.05, 0.1) is 18.6 Å². The minimum Gasteiger partial charge on any atom is -0.507 e. The number of rotatable bonds is 6. The lowest BCUT2D eigenvalue weighted by molar-refractivity contribution is 0.182. The Morgan fingerprint density at radius 3 is 1.91 bits per heavy atom. The molecule has 1 N–H and O–H groups in total. The molecule has 4 aromatic rings. The normalized spacial score (nSPS) is 13.5. The number of hydrogen-bond acceptors (Lipinski definition) is 3. The van der Waals surface area contributed by atoms with E-state index in [0.717, 1.165) is 22.3 Å². The molecule has 0 amide bonds. The van der Waals surface area contributed by atoms with Crippen LogP contribution in [0.2, 0.25) is 0 Å². The topological polar surface area (TPSA) is 38.7 Å². The molecule has 3 nitrogen and oxygen atoms in total. The molecule has 1 aliphatic carbocycles. The SMILES string of the molecule is COCc1cc(C)cc(C2(c3cc(C)c(O)c(COC)c3)c3ccccc3-c3ccccc32)c1. The lowest BCUT2D eigenvalue weighted by Gasteiger charge is -2.35. The molecule has 0 saturated heterocycles. The van der Waals surface area contributed by atoms with E-state index >= 15 is 0 Å². The first-order valence-corrected chi connectivity index (χ1v) is 11.6. The summed E-state index contributed by atoms with van der Waals surface area (Å²) in [5.41, 5.74) is 10.8. The molecule has 0 aliphatic heterocycles. The number of fused-ring (bicyclic) bond motifs is 3.